The number of benzene rings is 2. The van der Waals surface area contributed by atoms with E-state index in [0.717, 1.165) is 10.6 Å². The van der Waals surface area contributed by atoms with Gasteiger partial charge in [0.1, 0.15) is 11.8 Å². The highest BCUT2D eigenvalue weighted by Crippen LogP contribution is 2.25. The number of sulfonamides is 1. The molecule has 29 heavy (non-hydrogen) atoms. The monoisotopic (exact) mass is 420 g/mol. The van der Waals surface area contributed by atoms with Crippen molar-refractivity contribution in [3.05, 3.63) is 54.1 Å². The summed E-state index contributed by atoms with van der Waals surface area (Å²) in [6.45, 7) is 1.72. The average Bonchev–Trinajstić information content (AvgIpc) is 2.70. The number of nitrogens with zero attached hydrogens (tertiary/aromatic N) is 1. The summed E-state index contributed by atoms with van der Waals surface area (Å²) in [5.41, 5.74) is 0.978. The van der Waals surface area contributed by atoms with Gasteiger partial charge in [0.2, 0.25) is 15.9 Å². The lowest BCUT2D eigenvalue weighted by Gasteiger charge is -2.30. The summed E-state index contributed by atoms with van der Waals surface area (Å²) < 4.78 is 35.8. The van der Waals surface area contributed by atoms with Gasteiger partial charge in [-0.05, 0) is 48.9 Å². The lowest BCUT2D eigenvalue weighted by molar-refractivity contribution is -0.117. The van der Waals surface area contributed by atoms with Gasteiger partial charge >= 0.3 is 5.97 Å². The Bertz CT molecular complexity index is 973. The Morgan fingerprint density at radius 3 is 2.28 bits per heavy atom. The zero-order valence-electron chi connectivity index (χ0n) is 16.7. The van der Waals surface area contributed by atoms with Gasteiger partial charge < -0.3 is 14.8 Å². The fourth-order valence-corrected chi connectivity index (χ4v) is 4.07. The molecule has 1 N–H and O–H groups in total. The van der Waals surface area contributed by atoms with E-state index in [9.17, 15) is 18.0 Å². The number of anilines is 2. The minimum Gasteiger partial charge on any atom is -0.497 e. The summed E-state index contributed by atoms with van der Waals surface area (Å²) in [4.78, 5) is 24.6. The third-order valence-corrected chi connectivity index (χ3v) is 5.39. The fourth-order valence-electron chi connectivity index (χ4n) is 2.86. The van der Waals surface area contributed by atoms with Crippen LogP contribution in [0, 0.1) is 0 Å². The standard InChI is InChI=1S/C20H24N2O6S/c1-5-18(19(23)21-15-8-6-7-14(13-15)20(24)28-3)22(29(4,25)26)16-9-11-17(27-2)12-10-16/h6-13,18H,5H2,1-4H3,(H,21,23). The number of ether oxygens (including phenoxy) is 2. The van der Waals surface area contributed by atoms with Gasteiger partial charge in [0.25, 0.3) is 0 Å². The summed E-state index contributed by atoms with van der Waals surface area (Å²) >= 11 is 0. The maximum absolute atomic E-state index is 12.9. The van der Waals surface area contributed by atoms with Crippen molar-refractivity contribution in [3.8, 4) is 5.75 Å². The molecule has 2 aromatic carbocycles. The zero-order chi connectivity index (χ0) is 21.6. The maximum Gasteiger partial charge on any atom is 0.337 e. The van der Waals surface area contributed by atoms with Crippen LogP contribution in [0.3, 0.4) is 0 Å². The molecule has 1 amide bonds. The van der Waals surface area contributed by atoms with E-state index in [1.807, 2.05) is 0 Å². The second-order valence-electron chi connectivity index (χ2n) is 6.24. The van der Waals surface area contributed by atoms with Crippen LogP contribution in [0.1, 0.15) is 23.7 Å². The first-order chi connectivity index (χ1) is 13.7. The number of esters is 1. The molecule has 0 radical (unpaired) electrons. The molecule has 0 saturated heterocycles. The fraction of sp³-hybridized carbons (Fsp3) is 0.300. The first-order valence-electron chi connectivity index (χ1n) is 8.84. The Labute approximate surface area is 170 Å². The molecule has 0 saturated carbocycles. The zero-order valence-corrected chi connectivity index (χ0v) is 17.5. The molecule has 0 aliphatic carbocycles. The SMILES string of the molecule is CCC(C(=O)Nc1cccc(C(=O)OC)c1)N(c1ccc(OC)cc1)S(C)(=O)=O. The summed E-state index contributed by atoms with van der Waals surface area (Å²) in [6.07, 6.45) is 1.28. The third kappa shape index (κ3) is 5.47. The summed E-state index contributed by atoms with van der Waals surface area (Å²) in [7, 11) is -0.983. The number of rotatable bonds is 8. The van der Waals surface area contributed by atoms with Crippen LogP contribution >= 0.6 is 0 Å². The van der Waals surface area contributed by atoms with E-state index in [-0.39, 0.29) is 12.0 Å². The minimum absolute atomic E-state index is 0.238. The van der Waals surface area contributed by atoms with Crippen LogP contribution in [0.4, 0.5) is 11.4 Å². The average molecular weight is 420 g/mol. The highest BCUT2D eigenvalue weighted by molar-refractivity contribution is 7.92. The number of amides is 1. The van der Waals surface area contributed by atoms with Gasteiger partial charge in [-0.2, -0.15) is 0 Å². The van der Waals surface area contributed by atoms with E-state index in [4.69, 9.17) is 4.74 Å². The van der Waals surface area contributed by atoms with Crippen LogP contribution in [0.2, 0.25) is 0 Å². The van der Waals surface area contributed by atoms with E-state index in [1.165, 1.54) is 20.3 Å². The molecular weight excluding hydrogens is 396 g/mol. The highest BCUT2D eigenvalue weighted by Gasteiger charge is 2.31. The van der Waals surface area contributed by atoms with Crippen LogP contribution in [-0.2, 0) is 19.6 Å². The van der Waals surface area contributed by atoms with Crippen LogP contribution in [0.25, 0.3) is 0 Å². The van der Waals surface area contributed by atoms with E-state index in [1.54, 1.807) is 49.4 Å². The summed E-state index contributed by atoms with van der Waals surface area (Å²) in [6, 6.07) is 11.6. The van der Waals surface area contributed by atoms with Crippen LogP contribution in [0.15, 0.2) is 48.5 Å². The lowest BCUT2D eigenvalue weighted by atomic mass is 10.1. The van der Waals surface area contributed by atoms with Gasteiger partial charge in [0, 0.05) is 5.69 Å². The number of nitrogens with one attached hydrogen (secondary N) is 1. The molecule has 2 aromatic rings. The first kappa shape index (κ1) is 22.2. The van der Waals surface area contributed by atoms with Crippen molar-refractivity contribution in [3.63, 3.8) is 0 Å². The molecule has 1 unspecified atom stereocenters. The topological polar surface area (TPSA) is 102 Å². The van der Waals surface area contributed by atoms with Gasteiger partial charge in [0.15, 0.2) is 0 Å². The Kier molecular flexibility index (Phi) is 7.22. The van der Waals surface area contributed by atoms with Crippen molar-refractivity contribution in [2.45, 2.75) is 19.4 Å². The summed E-state index contributed by atoms with van der Waals surface area (Å²) in [5.74, 6) is -0.487. The Hall–Kier alpha value is -3.07. The molecule has 0 aliphatic heterocycles. The molecule has 1 atom stereocenters. The molecule has 0 aromatic heterocycles. The normalized spacial score (nSPS) is 12.0. The molecule has 9 heteroatoms. The van der Waals surface area contributed by atoms with Gasteiger partial charge in [0.05, 0.1) is 31.7 Å². The predicted molar refractivity (Wildman–Crippen MR) is 111 cm³/mol. The van der Waals surface area contributed by atoms with Crippen LogP contribution in [0.5, 0.6) is 5.75 Å². The Morgan fingerprint density at radius 2 is 1.76 bits per heavy atom. The maximum atomic E-state index is 12.9. The molecule has 0 heterocycles. The molecule has 0 bridgehead atoms. The highest BCUT2D eigenvalue weighted by atomic mass is 32.2. The van der Waals surface area contributed by atoms with Crippen LogP contribution in [-0.4, -0.2) is 46.8 Å². The molecule has 156 valence electrons. The second-order valence-corrected chi connectivity index (χ2v) is 8.10. The Morgan fingerprint density at radius 1 is 1.10 bits per heavy atom. The van der Waals surface area contributed by atoms with E-state index >= 15 is 0 Å². The van der Waals surface area contributed by atoms with Gasteiger partial charge in [-0.25, -0.2) is 13.2 Å². The van der Waals surface area contributed by atoms with Crippen molar-refractivity contribution in [2.24, 2.45) is 0 Å². The first-order valence-corrected chi connectivity index (χ1v) is 10.7. The van der Waals surface area contributed by atoms with Crippen molar-refractivity contribution in [1.29, 1.82) is 0 Å². The van der Waals surface area contributed by atoms with Gasteiger partial charge in [-0.1, -0.05) is 13.0 Å². The number of hydrogen-bond donors (Lipinski definition) is 1. The largest absolute Gasteiger partial charge is 0.497 e. The smallest absolute Gasteiger partial charge is 0.337 e. The number of hydrogen-bond acceptors (Lipinski definition) is 6. The van der Waals surface area contributed by atoms with Gasteiger partial charge in [-0.15, -0.1) is 0 Å². The molecule has 2 rings (SSSR count). The summed E-state index contributed by atoms with van der Waals surface area (Å²) in [5, 5.41) is 2.68. The van der Waals surface area contributed by atoms with Gasteiger partial charge in [-0.3, -0.25) is 9.10 Å². The van der Waals surface area contributed by atoms with E-state index in [0.29, 0.717) is 17.1 Å². The van der Waals surface area contributed by atoms with Crippen molar-refractivity contribution in [1.82, 2.24) is 0 Å². The van der Waals surface area contributed by atoms with Crippen molar-refractivity contribution >= 4 is 33.3 Å². The van der Waals surface area contributed by atoms with Crippen molar-refractivity contribution < 1.29 is 27.5 Å². The number of methoxy groups -OCH3 is 2. The molecule has 0 fully saturated rings. The quantitative estimate of drug-likeness (QED) is 0.659. The molecule has 0 aliphatic rings. The Balaban J connectivity index is 2.34. The van der Waals surface area contributed by atoms with E-state index in [2.05, 4.69) is 10.1 Å². The molecule has 8 nitrogen and oxygen atoms in total. The number of carbonyl (C=O) groups excluding carboxylic acids is 2. The molecular formula is C20H24N2O6S. The van der Waals surface area contributed by atoms with E-state index < -0.39 is 27.9 Å². The molecule has 0 spiro atoms. The number of carbonyl (C=O) groups is 2. The van der Waals surface area contributed by atoms with Crippen LogP contribution < -0.4 is 14.4 Å². The lowest BCUT2D eigenvalue weighted by Crippen LogP contribution is -2.47. The minimum atomic E-state index is -3.75. The second kappa shape index (κ2) is 9.42. The predicted octanol–water partition coefficient (Wildman–Crippen LogP) is 2.67. The van der Waals surface area contributed by atoms with Crippen molar-refractivity contribution in [2.75, 3.05) is 30.1 Å². The third-order valence-electron chi connectivity index (χ3n) is 4.21.